The number of aromatic nitrogens is 2. The Hall–Kier alpha value is -3.48. The predicted molar refractivity (Wildman–Crippen MR) is 105 cm³/mol. The van der Waals surface area contributed by atoms with E-state index in [1.807, 2.05) is 13.8 Å². The van der Waals surface area contributed by atoms with Crippen LogP contribution in [0.1, 0.15) is 31.5 Å². The quantitative estimate of drug-likeness (QED) is 0.375. The van der Waals surface area contributed by atoms with Gasteiger partial charge in [-0.1, -0.05) is 0 Å². The molecule has 5 N–H and O–H groups in total. The molecule has 0 amide bonds. The number of carboxylic acid groups (broad SMARTS) is 4. The second-order valence-corrected chi connectivity index (χ2v) is 6.73. The topological polar surface area (TPSA) is 199 Å². The fourth-order valence-electron chi connectivity index (χ4n) is 2.71. The number of hydrogen-bond acceptors (Lipinski definition) is 9. The summed E-state index contributed by atoms with van der Waals surface area (Å²) in [7, 11) is 0. The number of anilines is 1. The smallest absolute Gasteiger partial charge is 0.414 e. The molecular formula is C18H26N4O9. The molecule has 1 aliphatic heterocycles. The number of ether oxygens (including phenoxy) is 1. The minimum absolute atomic E-state index is 0.162. The molecule has 0 aromatic carbocycles. The average Bonchev–Trinajstić information content (AvgIpc) is 3.18. The molecule has 13 heteroatoms. The van der Waals surface area contributed by atoms with Crippen LogP contribution >= 0.6 is 0 Å². The Morgan fingerprint density at radius 2 is 1.42 bits per heavy atom. The number of hydrogen-bond donors (Lipinski definition) is 5. The summed E-state index contributed by atoms with van der Waals surface area (Å²) in [6.07, 6.45) is 3.45. The van der Waals surface area contributed by atoms with Crippen molar-refractivity contribution in [2.45, 2.75) is 39.2 Å². The fraction of sp³-hybridized carbons (Fsp3) is 0.556. The first-order valence-corrected chi connectivity index (χ1v) is 9.47. The number of nitrogens with zero attached hydrogens (tertiary/aromatic N) is 3. The monoisotopic (exact) mass is 442 g/mol. The lowest BCUT2D eigenvalue weighted by Gasteiger charge is -2.28. The molecule has 13 nitrogen and oxygen atoms in total. The summed E-state index contributed by atoms with van der Waals surface area (Å²) in [5.74, 6) is -5.64. The number of piperazine rings is 1. The molecule has 0 bridgehead atoms. The van der Waals surface area contributed by atoms with Gasteiger partial charge in [-0.3, -0.25) is 0 Å². The molecule has 0 unspecified atom stereocenters. The first-order valence-electron chi connectivity index (χ1n) is 9.47. The third-order valence-corrected chi connectivity index (χ3v) is 4.00. The van der Waals surface area contributed by atoms with Crippen molar-refractivity contribution in [3.63, 3.8) is 0 Å². The summed E-state index contributed by atoms with van der Waals surface area (Å²) in [6.45, 7) is 8.04. The molecular weight excluding hydrogens is 416 g/mol. The minimum atomic E-state index is -1.82. The zero-order valence-corrected chi connectivity index (χ0v) is 17.2. The lowest BCUT2D eigenvalue weighted by Crippen LogP contribution is -2.44. The fourth-order valence-corrected chi connectivity index (χ4v) is 2.71. The van der Waals surface area contributed by atoms with Gasteiger partial charge in [-0.25, -0.2) is 24.2 Å². The molecule has 31 heavy (non-hydrogen) atoms. The van der Waals surface area contributed by atoms with Gasteiger partial charge in [-0.15, -0.1) is 0 Å². The van der Waals surface area contributed by atoms with E-state index < -0.39 is 23.9 Å². The van der Waals surface area contributed by atoms with Gasteiger partial charge in [0, 0.05) is 31.7 Å². The largest absolute Gasteiger partial charge is 0.475 e. The second kappa shape index (κ2) is 12.3. The molecule has 0 saturated carbocycles. The summed E-state index contributed by atoms with van der Waals surface area (Å²) < 4.78 is 5.90. The number of nitrogens with one attached hydrogen (secondary N) is 1. The van der Waals surface area contributed by atoms with E-state index in [1.165, 1.54) is 17.7 Å². The minimum Gasteiger partial charge on any atom is -0.475 e. The van der Waals surface area contributed by atoms with Crippen LogP contribution < -0.4 is 15.0 Å². The van der Waals surface area contributed by atoms with Gasteiger partial charge in [0.15, 0.2) is 0 Å². The van der Waals surface area contributed by atoms with E-state index in [0.717, 1.165) is 50.8 Å². The maximum atomic E-state index is 9.10. The second-order valence-electron chi connectivity index (χ2n) is 6.73. The van der Waals surface area contributed by atoms with E-state index in [-0.39, 0.29) is 6.10 Å². The number of carbonyl (C=O) groups is 4. The molecule has 0 atom stereocenters. The molecule has 0 radical (unpaired) electrons. The van der Waals surface area contributed by atoms with Crippen molar-refractivity contribution in [2.24, 2.45) is 0 Å². The number of rotatable bonds is 3. The van der Waals surface area contributed by atoms with Crippen molar-refractivity contribution in [1.29, 1.82) is 0 Å². The molecule has 2 heterocycles. The molecule has 1 aromatic rings. The van der Waals surface area contributed by atoms with Crippen molar-refractivity contribution >= 4 is 29.8 Å². The number of fused-ring (bicyclic) bond motifs is 1. The van der Waals surface area contributed by atoms with E-state index in [0.29, 0.717) is 0 Å². The van der Waals surface area contributed by atoms with E-state index >= 15 is 0 Å². The molecule has 172 valence electrons. The summed E-state index contributed by atoms with van der Waals surface area (Å²) in [6, 6.07) is 0. The van der Waals surface area contributed by atoms with Crippen LogP contribution in [-0.2, 0) is 32.0 Å². The maximum absolute atomic E-state index is 9.10. The lowest BCUT2D eigenvalue weighted by atomic mass is 10.2. The Kier molecular flexibility index (Phi) is 10.1. The summed E-state index contributed by atoms with van der Waals surface area (Å²) >= 11 is 0. The van der Waals surface area contributed by atoms with Crippen molar-refractivity contribution in [1.82, 2.24) is 15.3 Å². The summed E-state index contributed by atoms with van der Waals surface area (Å²) in [5, 5.41) is 32.9. The van der Waals surface area contributed by atoms with Crippen LogP contribution in [0, 0.1) is 0 Å². The normalized spacial score (nSPS) is 14.4. The van der Waals surface area contributed by atoms with Crippen LogP contribution in [0.25, 0.3) is 0 Å². The highest BCUT2D eigenvalue weighted by molar-refractivity contribution is 6.27. The van der Waals surface area contributed by atoms with Gasteiger partial charge >= 0.3 is 23.9 Å². The lowest BCUT2D eigenvalue weighted by molar-refractivity contribution is -0.159. The molecule has 3 rings (SSSR count). The van der Waals surface area contributed by atoms with Crippen molar-refractivity contribution in [3.05, 3.63) is 11.3 Å². The third-order valence-electron chi connectivity index (χ3n) is 4.00. The highest BCUT2D eigenvalue weighted by Crippen LogP contribution is 2.30. The Bertz CT molecular complexity index is 759. The Morgan fingerprint density at radius 3 is 1.87 bits per heavy atom. The first-order chi connectivity index (χ1) is 14.5. The number of aliphatic carboxylic acids is 4. The predicted octanol–water partition coefficient (Wildman–Crippen LogP) is -0.527. The van der Waals surface area contributed by atoms with Gasteiger partial charge in [-0.05, 0) is 33.1 Å². The van der Waals surface area contributed by atoms with Crippen LogP contribution in [0.5, 0.6) is 5.88 Å². The molecule has 0 spiro atoms. The van der Waals surface area contributed by atoms with Crippen LogP contribution in [0.3, 0.4) is 0 Å². The number of carboxylic acids is 4. The van der Waals surface area contributed by atoms with Crippen molar-refractivity contribution in [3.8, 4) is 5.88 Å². The maximum Gasteiger partial charge on any atom is 0.414 e. The molecule has 1 aromatic heterocycles. The Labute approximate surface area is 177 Å². The highest BCUT2D eigenvalue weighted by atomic mass is 16.5. The van der Waals surface area contributed by atoms with E-state index in [4.69, 9.17) is 49.3 Å². The first kappa shape index (κ1) is 25.6. The van der Waals surface area contributed by atoms with Crippen LogP contribution in [0.15, 0.2) is 0 Å². The van der Waals surface area contributed by atoms with Crippen molar-refractivity contribution < 1.29 is 44.3 Å². The van der Waals surface area contributed by atoms with E-state index in [2.05, 4.69) is 15.2 Å². The zero-order valence-electron chi connectivity index (χ0n) is 17.2. The van der Waals surface area contributed by atoms with Crippen LogP contribution in [0.2, 0.25) is 0 Å². The summed E-state index contributed by atoms with van der Waals surface area (Å²) in [4.78, 5) is 48.1. The molecule has 1 saturated heterocycles. The van der Waals surface area contributed by atoms with Crippen LogP contribution in [0.4, 0.5) is 5.95 Å². The van der Waals surface area contributed by atoms with Gasteiger partial charge in [0.1, 0.15) is 0 Å². The van der Waals surface area contributed by atoms with Crippen molar-refractivity contribution in [2.75, 3.05) is 31.1 Å². The van der Waals surface area contributed by atoms with Gasteiger partial charge in [0.2, 0.25) is 11.8 Å². The van der Waals surface area contributed by atoms with Gasteiger partial charge in [-0.2, -0.15) is 4.98 Å². The zero-order chi connectivity index (χ0) is 23.6. The van der Waals surface area contributed by atoms with E-state index in [9.17, 15) is 0 Å². The molecule has 2 aliphatic rings. The Morgan fingerprint density at radius 1 is 0.903 bits per heavy atom. The van der Waals surface area contributed by atoms with E-state index in [1.54, 1.807) is 0 Å². The summed E-state index contributed by atoms with van der Waals surface area (Å²) in [5.41, 5.74) is 2.42. The van der Waals surface area contributed by atoms with Gasteiger partial charge in [0.05, 0.1) is 11.8 Å². The average molecular weight is 442 g/mol. The highest BCUT2D eigenvalue weighted by Gasteiger charge is 2.23. The molecule has 1 aliphatic carbocycles. The SMILES string of the molecule is CC(C)Oc1nc(N2CCNCC2)nc2c1CCC2.O=C(O)C(=O)O.O=C(O)C(=O)O. The molecule has 1 fully saturated rings. The third kappa shape index (κ3) is 8.82. The van der Waals surface area contributed by atoms with Gasteiger partial charge in [0.25, 0.3) is 0 Å². The Balaban J connectivity index is 0.000000333. The number of aryl methyl sites for hydroxylation is 1. The standard InChI is InChI=1S/C14H22N4O.2C2H2O4/c1-10(2)19-13-11-4-3-5-12(11)16-14(17-13)18-8-6-15-7-9-18;2*3-1(4)2(5)6/h10,15H,3-9H2,1-2H3;2*(H,3,4)(H,5,6). The van der Waals surface area contributed by atoms with Crippen LogP contribution in [-0.4, -0.2) is 86.6 Å². The van der Waals surface area contributed by atoms with Gasteiger partial charge < -0.3 is 35.4 Å².